The zero-order valence-electron chi connectivity index (χ0n) is 12.0. The van der Waals surface area contributed by atoms with Crippen LogP contribution in [0.15, 0.2) is 0 Å². The van der Waals surface area contributed by atoms with Gasteiger partial charge in [-0.15, -0.1) is 0 Å². The average Bonchev–Trinajstić information content (AvgIpc) is 2.42. The predicted molar refractivity (Wildman–Crippen MR) is 77.2 cm³/mol. The molecular formula is C13H24N2O3S. The Labute approximate surface area is 119 Å². The SMILES string of the molecule is COC(=O)CCN(CC(C)C)C(=O)C1CSCCN1. The van der Waals surface area contributed by atoms with Gasteiger partial charge in [-0.2, -0.15) is 11.8 Å². The topological polar surface area (TPSA) is 58.6 Å². The molecule has 1 unspecified atom stereocenters. The van der Waals surface area contributed by atoms with Crippen LogP contribution in [0.25, 0.3) is 0 Å². The fourth-order valence-corrected chi connectivity index (χ4v) is 2.93. The van der Waals surface area contributed by atoms with Crippen molar-refractivity contribution in [1.29, 1.82) is 0 Å². The number of carbonyl (C=O) groups is 2. The Balaban J connectivity index is 2.55. The third kappa shape index (κ3) is 5.82. The Morgan fingerprint density at radius 2 is 2.21 bits per heavy atom. The third-order valence-electron chi connectivity index (χ3n) is 2.93. The minimum Gasteiger partial charge on any atom is -0.469 e. The highest BCUT2D eigenvalue weighted by Gasteiger charge is 2.26. The second-order valence-electron chi connectivity index (χ2n) is 5.09. The maximum absolute atomic E-state index is 12.4. The van der Waals surface area contributed by atoms with Crippen molar-refractivity contribution in [3.05, 3.63) is 0 Å². The van der Waals surface area contributed by atoms with E-state index < -0.39 is 0 Å². The highest BCUT2D eigenvalue weighted by molar-refractivity contribution is 7.99. The Morgan fingerprint density at radius 1 is 1.47 bits per heavy atom. The van der Waals surface area contributed by atoms with E-state index in [0.29, 0.717) is 19.0 Å². The number of hydrogen-bond donors (Lipinski definition) is 1. The number of ether oxygens (including phenoxy) is 1. The molecule has 1 aliphatic heterocycles. The summed E-state index contributed by atoms with van der Waals surface area (Å²) in [5.74, 6) is 2.08. The zero-order chi connectivity index (χ0) is 14.3. The lowest BCUT2D eigenvalue weighted by molar-refractivity contribution is -0.142. The van der Waals surface area contributed by atoms with Crippen LogP contribution in [0.4, 0.5) is 0 Å². The standard InChI is InChI=1S/C13H24N2O3S/c1-10(2)8-15(6-4-12(16)18-3)13(17)11-9-19-7-5-14-11/h10-11,14H,4-9H2,1-3H3. The molecule has 5 nitrogen and oxygen atoms in total. The molecule has 1 fully saturated rings. The molecule has 0 radical (unpaired) electrons. The molecule has 0 aromatic carbocycles. The first-order valence-electron chi connectivity index (χ1n) is 6.71. The Kier molecular flexibility index (Phi) is 7.23. The summed E-state index contributed by atoms with van der Waals surface area (Å²) in [5.41, 5.74) is 0. The van der Waals surface area contributed by atoms with Crippen molar-refractivity contribution in [3.8, 4) is 0 Å². The van der Waals surface area contributed by atoms with Crippen molar-refractivity contribution in [2.45, 2.75) is 26.3 Å². The largest absolute Gasteiger partial charge is 0.469 e. The third-order valence-corrected chi connectivity index (χ3v) is 3.99. The van der Waals surface area contributed by atoms with E-state index in [1.165, 1.54) is 7.11 Å². The van der Waals surface area contributed by atoms with Crippen molar-refractivity contribution in [1.82, 2.24) is 10.2 Å². The Morgan fingerprint density at radius 3 is 2.74 bits per heavy atom. The molecule has 0 bridgehead atoms. The van der Waals surface area contributed by atoms with E-state index in [4.69, 9.17) is 0 Å². The van der Waals surface area contributed by atoms with Crippen LogP contribution < -0.4 is 5.32 Å². The van der Waals surface area contributed by atoms with Gasteiger partial charge in [0.2, 0.25) is 5.91 Å². The summed E-state index contributed by atoms with van der Waals surface area (Å²) in [4.78, 5) is 25.4. The number of nitrogens with one attached hydrogen (secondary N) is 1. The lowest BCUT2D eigenvalue weighted by Gasteiger charge is -2.30. The van der Waals surface area contributed by atoms with Crippen LogP contribution in [0.5, 0.6) is 0 Å². The molecule has 0 aromatic heterocycles. The van der Waals surface area contributed by atoms with Gasteiger partial charge in [0.25, 0.3) is 0 Å². The van der Waals surface area contributed by atoms with E-state index in [1.807, 2.05) is 0 Å². The number of nitrogens with zero attached hydrogens (tertiary/aromatic N) is 1. The van der Waals surface area contributed by atoms with Gasteiger partial charge in [-0.1, -0.05) is 13.8 Å². The van der Waals surface area contributed by atoms with Crippen molar-refractivity contribution < 1.29 is 14.3 Å². The molecule has 6 heteroatoms. The Hall–Kier alpha value is -0.750. The molecule has 0 aliphatic carbocycles. The lowest BCUT2D eigenvalue weighted by Crippen LogP contribution is -2.51. The average molecular weight is 288 g/mol. The van der Waals surface area contributed by atoms with Gasteiger partial charge in [-0.3, -0.25) is 9.59 Å². The van der Waals surface area contributed by atoms with Gasteiger partial charge in [-0.25, -0.2) is 0 Å². The second kappa shape index (κ2) is 8.43. The molecule has 1 aliphatic rings. The van der Waals surface area contributed by atoms with Crippen LogP contribution in [-0.4, -0.2) is 61.1 Å². The number of esters is 1. The summed E-state index contributed by atoms with van der Waals surface area (Å²) in [5, 5.41) is 3.25. The van der Waals surface area contributed by atoms with Gasteiger partial charge in [0.15, 0.2) is 0 Å². The van der Waals surface area contributed by atoms with Gasteiger partial charge in [0, 0.05) is 31.1 Å². The fourth-order valence-electron chi connectivity index (χ4n) is 2.00. The molecule has 19 heavy (non-hydrogen) atoms. The van der Waals surface area contributed by atoms with Gasteiger partial charge >= 0.3 is 5.97 Å². The summed E-state index contributed by atoms with van der Waals surface area (Å²) >= 11 is 1.79. The predicted octanol–water partition coefficient (Wildman–Crippen LogP) is 0.739. The van der Waals surface area contributed by atoms with Crippen LogP contribution in [0, 0.1) is 5.92 Å². The lowest BCUT2D eigenvalue weighted by atomic mass is 10.1. The van der Waals surface area contributed by atoms with E-state index in [2.05, 4.69) is 23.9 Å². The van der Waals surface area contributed by atoms with E-state index in [1.54, 1.807) is 16.7 Å². The van der Waals surface area contributed by atoms with Gasteiger partial charge < -0.3 is 15.0 Å². The maximum Gasteiger partial charge on any atom is 0.307 e. The first kappa shape index (κ1) is 16.3. The molecule has 0 saturated carbocycles. The van der Waals surface area contributed by atoms with Crippen LogP contribution in [0.2, 0.25) is 0 Å². The van der Waals surface area contributed by atoms with Crippen molar-refractivity contribution in [2.75, 3.05) is 38.2 Å². The van der Waals surface area contributed by atoms with Crippen LogP contribution in [0.1, 0.15) is 20.3 Å². The molecule has 1 atom stereocenters. The zero-order valence-corrected chi connectivity index (χ0v) is 12.8. The second-order valence-corrected chi connectivity index (χ2v) is 6.24. The maximum atomic E-state index is 12.4. The number of carbonyl (C=O) groups excluding carboxylic acids is 2. The molecule has 1 N–H and O–H groups in total. The summed E-state index contributed by atoms with van der Waals surface area (Å²) < 4.78 is 4.63. The van der Waals surface area contributed by atoms with Crippen molar-refractivity contribution >= 4 is 23.6 Å². The smallest absolute Gasteiger partial charge is 0.307 e. The summed E-state index contributed by atoms with van der Waals surface area (Å²) in [6.45, 7) is 6.13. The molecule has 1 rings (SSSR count). The molecule has 1 amide bonds. The van der Waals surface area contributed by atoms with Crippen LogP contribution in [0.3, 0.4) is 0 Å². The fraction of sp³-hybridized carbons (Fsp3) is 0.846. The number of methoxy groups -OCH3 is 1. The highest BCUT2D eigenvalue weighted by Crippen LogP contribution is 2.11. The first-order valence-corrected chi connectivity index (χ1v) is 7.86. The van der Waals surface area contributed by atoms with E-state index in [9.17, 15) is 9.59 Å². The number of hydrogen-bond acceptors (Lipinski definition) is 5. The monoisotopic (exact) mass is 288 g/mol. The normalized spacial score (nSPS) is 19.3. The molecular weight excluding hydrogens is 264 g/mol. The molecule has 1 heterocycles. The summed E-state index contributed by atoms with van der Waals surface area (Å²) in [6, 6.07) is -0.116. The Bertz CT molecular complexity index is 304. The quantitative estimate of drug-likeness (QED) is 0.731. The number of amides is 1. The van der Waals surface area contributed by atoms with Crippen LogP contribution in [-0.2, 0) is 14.3 Å². The number of thioether (sulfide) groups is 1. The molecule has 1 saturated heterocycles. The first-order chi connectivity index (χ1) is 9.04. The van der Waals surface area contributed by atoms with Crippen LogP contribution >= 0.6 is 11.8 Å². The highest BCUT2D eigenvalue weighted by atomic mass is 32.2. The summed E-state index contributed by atoms with van der Waals surface area (Å²) in [6.07, 6.45) is 0.259. The molecule has 110 valence electrons. The number of rotatable bonds is 6. The van der Waals surface area contributed by atoms with Gasteiger partial charge in [0.1, 0.15) is 0 Å². The summed E-state index contributed by atoms with van der Waals surface area (Å²) in [7, 11) is 1.37. The van der Waals surface area contributed by atoms with Gasteiger partial charge in [0.05, 0.1) is 19.6 Å². The van der Waals surface area contributed by atoms with E-state index in [-0.39, 0.29) is 24.3 Å². The molecule has 0 aromatic rings. The van der Waals surface area contributed by atoms with E-state index in [0.717, 1.165) is 18.1 Å². The van der Waals surface area contributed by atoms with Gasteiger partial charge in [-0.05, 0) is 5.92 Å². The molecule has 0 spiro atoms. The van der Waals surface area contributed by atoms with Crippen molar-refractivity contribution in [3.63, 3.8) is 0 Å². The van der Waals surface area contributed by atoms with E-state index >= 15 is 0 Å². The minimum absolute atomic E-state index is 0.102. The minimum atomic E-state index is -0.271. The van der Waals surface area contributed by atoms with Crippen molar-refractivity contribution in [2.24, 2.45) is 5.92 Å².